The van der Waals surface area contributed by atoms with Gasteiger partial charge in [-0.3, -0.25) is 0 Å². The molecular weight excluding hydrogens is 318 g/mol. The molecule has 0 aliphatic heterocycles. The molecule has 0 saturated carbocycles. The van der Waals surface area contributed by atoms with Crippen LogP contribution in [0.1, 0.15) is 11.1 Å². The first-order valence-electron chi connectivity index (χ1n) is 6.91. The van der Waals surface area contributed by atoms with Crippen LogP contribution in [0.15, 0.2) is 48.8 Å². The Morgan fingerprint density at radius 3 is 2.26 bits per heavy atom. The highest BCUT2D eigenvalue weighted by Gasteiger charge is 2.09. The Labute approximate surface area is 134 Å². The summed E-state index contributed by atoms with van der Waals surface area (Å²) in [6, 6.07) is 9.59. The molecule has 23 heavy (non-hydrogen) atoms. The van der Waals surface area contributed by atoms with Gasteiger partial charge in [-0.1, -0.05) is 18.2 Å². The highest BCUT2D eigenvalue weighted by atomic mass is 32.2. The number of phenols is 1. The lowest BCUT2D eigenvalue weighted by Crippen LogP contribution is -2.34. The van der Waals surface area contributed by atoms with Crippen molar-refractivity contribution in [3.05, 3.63) is 59.9 Å². The molecule has 0 saturated heterocycles. The number of aromatic nitrogens is 1. The molecule has 0 amide bonds. The van der Waals surface area contributed by atoms with Crippen LogP contribution >= 0.6 is 0 Å². The van der Waals surface area contributed by atoms with Crippen molar-refractivity contribution in [3.63, 3.8) is 0 Å². The van der Waals surface area contributed by atoms with E-state index < -0.39 is 15.9 Å². The van der Waals surface area contributed by atoms with Crippen molar-refractivity contribution in [2.75, 3.05) is 12.4 Å². The predicted molar refractivity (Wildman–Crippen MR) is 84.3 cm³/mol. The van der Waals surface area contributed by atoms with E-state index in [0.717, 1.165) is 0 Å². The molecule has 1 heterocycles. The Morgan fingerprint density at radius 1 is 1.13 bits per heavy atom. The molecule has 122 valence electrons. The van der Waals surface area contributed by atoms with E-state index in [4.69, 9.17) is 5.11 Å². The maximum Gasteiger partial charge on any atom is 0.171 e. The van der Waals surface area contributed by atoms with Crippen molar-refractivity contribution in [1.82, 2.24) is 0 Å². The van der Waals surface area contributed by atoms with E-state index in [2.05, 4.69) is 0 Å². The quantitative estimate of drug-likeness (QED) is 0.599. The number of hydrogen-bond acceptors (Lipinski definition) is 5. The van der Waals surface area contributed by atoms with Crippen LogP contribution in [0.2, 0.25) is 0 Å². The van der Waals surface area contributed by atoms with Crippen molar-refractivity contribution in [2.45, 2.75) is 6.54 Å². The smallest absolute Gasteiger partial charge is 0.171 e. The van der Waals surface area contributed by atoms with Crippen molar-refractivity contribution < 1.29 is 27.8 Å². The van der Waals surface area contributed by atoms with Crippen LogP contribution in [0.25, 0.3) is 11.6 Å². The second-order valence-corrected chi connectivity index (χ2v) is 6.42. The molecule has 0 aliphatic carbocycles. The first-order chi connectivity index (χ1) is 10.9. The number of hydrogen-bond donors (Lipinski definition) is 2. The summed E-state index contributed by atoms with van der Waals surface area (Å²) in [6.45, 7) is 0.423. The second kappa shape index (κ2) is 7.36. The molecule has 0 atom stereocenters. The molecule has 0 radical (unpaired) electrons. The average molecular weight is 335 g/mol. The van der Waals surface area contributed by atoms with E-state index >= 15 is 0 Å². The summed E-state index contributed by atoms with van der Waals surface area (Å²) in [5.41, 5.74) is 1.64. The van der Waals surface area contributed by atoms with Gasteiger partial charge < -0.3 is 14.8 Å². The number of rotatable bonds is 6. The Kier molecular flexibility index (Phi) is 5.49. The summed E-state index contributed by atoms with van der Waals surface area (Å²) in [5, 5.41) is 18.2. The van der Waals surface area contributed by atoms with E-state index in [1.54, 1.807) is 47.3 Å². The minimum absolute atomic E-state index is 0.00480. The Balaban J connectivity index is 2.39. The number of aliphatic hydroxyl groups excluding tert-OH is 1. The molecule has 0 fully saturated rings. The molecule has 2 aromatic rings. The molecule has 7 heteroatoms. The fourth-order valence-corrected chi connectivity index (χ4v) is 2.74. The van der Waals surface area contributed by atoms with E-state index in [-0.39, 0.29) is 12.4 Å². The monoisotopic (exact) mass is 335 g/mol. The van der Waals surface area contributed by atoms with E-state index in [0.29, 0.717) is 23.2 Å². The highest BCUT2D eigenvalue weighted by molar-refractivity contribution is 7.86. The molecule has 0 unspecified atom stereocenters. The zero-order chi connectivity index (χ0) is 16.9. The Bertz CT molecular complexity index is 780. The van der Waals surface area contributed by atoms with Crippen LogP contribution in [-0.4, -0.2) is 35.5 Å². The maximum atomic E-state index is 11.2. The molecule has 0 bridgehead atoms. The predicted octanol–water partition coefficient (Wildman–Crippen LogP) is 0.758. The normalized spacial score (nSPS) is 12.3. The third-order valence-corrected chi connectivity index (χ3v) is 3.85. The minimum atomic E-state index is -4.43. The van der Waals surface area contributed by atoms with Crippen molar-refractivity contribution in [3.8, 4) is 5.75 Å². The van der Waals surface area contributed by atoms with Crippen LogP contribution in [0, 0.1) is 0 Å². The summed E-state index contributed by atoms with van der Waals surface area (Å²) in [7, 11) is -4.43. The molecule has 6 nitrogen and oxygen atoms in total. The first-order valence-corrected chi connectivity index (χ1v) is 8.48. The fourth-order valence-electron chi connectivity index (χ4n) is 2.11. The lowest BCUT2D eigenvalue weighted by molar-refractivity contribution is -0.698. The van der Waals surface area contributed by atoms with Gasteiger partial charge >= 0.3 is 0 Å². The molecular formula is C16H17NO5S. The van der Waals surface area contributed by atoms with E-state index in [1.165, 1.54) is 12.1 Å². The number of pyridine rings is 1. The van der Waals surface area contributed by atoms with Gasteiger partial charge in [0.15, 0.2) is 18.9 Å². The fraction of sp³-hybridized carbons (Fsp3) is 0.188. The lowest BCUT2D eigenvalue weighted by Gasteiger charge is -2.11. The molecule has 0 spiro atoms. The Hall–Kier alpha value is -2.22. The zero-order valence-electron chi connectivity index (χ0n) is 12.3. The van der Waals surface area contributed by atoms with E-state index in [1.807, 2.05) is 0 Å². The highest BCUT2D eigenvalue weighted by Crippen LogP contribution is 2.20. The third kappa shape index (κ3) is 5.48. The number of aromatic hydroxyl groups is 1. The van der Waals surface area contributed by atoms with Gasteiger partial charge in [-0.15, -0.1) is 0 Å². The number of aliphatic hydroxyl groups is 1. The van der Waals surface area contributed by atoms with Crippen LogP contribution in [0.4, 0.5) is 0 Å². The summed E-state index contributed by atoms with van der Waals surface area (Å²) >= 11 is 0. The standard InChI is InChI=1S/C16H17NO5S/c18-10-9-17-7-5-14(6-8-17)15(12-23(20,21)22)11-13-1-3-16(19)4-2-13/h1-8,11,18H,9-10,12H2,(H,20,21,22). The van der Waals surface area contributed by atoms with Gasteiger partial charge in [0.05, 0.1) is 15.9 Å². The topological polar surface area (TPSA) is 102 Å². The number of phenolic OH excluding ortho intramolecular Hbond substituents is 1. The van der Waals surface area contributed by atoms with Crippen molar-refractivity contribution in [1.29, 1.82) is 0 Å². The van der Waals surface area contributed by atoms with Crippen molar-refractivity contribution >= 4 is 21.8 Å². The van der Waals surface area contributed by atoms with Gasteiger partial charge in [-0.25, -0.2) is 13.0 Å². The van der Waals surface area contributed by atoms with Gasteiger partial charge in [-0.2, -0.15) is 0 Å². The van der Waals surface area contributed by atoms with Crippen LogP contribution in [-0.2, 0) is 16.7 Å². The minimum Gasteiger partial charge on any atom is -0.748 e. The third-order valence-electron chi connectivity index (χ3n) is 3.19. The number of nitrogens with zero attached hydrogens (tertiary/aromatic N) is 1. The van der Waals surface area contributed by atoms with Crippen molar-refractivity contribution in [2.24, 2.45) is 0 Å². The van der Waals surface area contributed by atoms with Gasteiger partial charge in [-0.05, 0) is 28.8 Å². The largest absolute Gasteiger partial charge is 0.748 e. The van der Waals surface area contributed by atoms with Crippen LogP contribution in [0.3, 0.4) is 0 Å². The van der Waals surface area contributed by atoms with Gasteiger partial charge in [0.25, 0.3) is 0 Å². The lowest BCUT2D eigenvalue weighted by atomic mass is 10.1. The summed E-state index contributed by atoms with van der Waals surface area (Å²) < 4.78 is 35.2. The summed E-state index contributed by atoms with van der Waals surface area (Å²) in [4.78, 5) is 0. The Morgan fingerprint density at radius 2 is 1.74 bits per heavy atom. The van der Waals surface area contributed by atoms with E-state index in [9.17, 15) is 18.1 Å². The SMILES string of the molecule is O=S(=O)([O-])CC(=Cc1ccc(O)cc1)c1cc[n+](CCO)cc1. The molecule has 0 aliphatic rings. The molecule has 2 N–H and O–H groups in total. The van der Waals surface area contributed by atoms with Crippen LogP contribution < -0.4 is 4.57 Å². The average Bonchev–Trinajstić information content (AvgIpc) is 2.49. The summed E-state index contributed by atoms with van der Waals surface area (Å²) in [6.07, 6.45) is 5.00. The maximum absolute atomic E-state index is 11.2. The summed E-state index contributed by atoms with van der Waals surface area (Å²) in [5.74, 6) is -0.525. The zero-order valence-corrected chi connectivity index (χ0v) is 13.1. The van der Waals surface area contributed by atoms with Crippen LogP contribution in [0.5, 0.6) is 5.75 Å². The molecule has 2 rings (SSSR count). The van der Waals surface area contributed by atoms with Gasteiger partial charge in [0.2, 0.25) is 0 Å². The van der Waals surface area contributed by atoms with Gasteiger partial charge in [0.1, 0.15) is 12.4 Å². The second-order valence-electron chi connectivity index (χ2n) is 5.01. The van der Waals surface area contributed by atoms with Gasteiger partial charge in [0, 0.05) is 12.1 Å². The molecule has 1 aromatic carbocycles. The molecule has 1 aromatic heterocycles. The number of benzene rings is 1. The first kappa shape index (κ1) is 17.1.